The number of nitrogens with one attached hydrogen (secondary N) is 3. The van der Waals surface area contributed by atoms with E-state index >= 15 is 0 Å². The molecule has 192 valence electrons. The second-order valence-corrected chi connectivity index (χ2v) is 8.22. The lowest BCUT2D eigenvalue weighted by Crippen LogP contribution is -2.52. The van der Waals surface area contributed by atoms with Crippen molar-refractivity contribution in [2.75, 3.05) is 33.4 Å². The summed E-state index contributed by atoms with van der Waals surface area (Å²) in [5.74, 6) is -1.77. The van der Waals surface area contributed by atoms with E-state index < -0.39 is 35.6 Å². The van der Waals surface area contributed by atoms with E-state index in [0.29, 0.717) is 5.75 Å². The number of para-hydroxylation sites is 1. The van der Waals surface area contributed by atoms with Crippen molar-refractivity contribution in [3.05, 3.63) is 59.9 Å². The lowest BCUT2D eigenvalue weighted by molar-refractivity contribution is -0.135. The van der Waals surface area contributed by atoms with Crippen molar-refractivity contribution in [1.82, 2.24) is 20.9 Å². The van der Waals surface area contributed by atoms with Crippen molar-refractivity contribution in [2.24, 2.45) is 0 Å². The van der Waals surface area contributed by atoms with Crippen LogP contribution in [0, 0.1) is 5.82 Å². The highest BCUT2D eigenvalue weighted by Gasteiger charge is 2.28. The van der Waals surface area contributed by atoms with E-state index in [1.165, 1.54) is 29.2 Å². The summed E-state index contributed by atoms with van der Waals surface area (Å²) in [5.41, 5.74) is 0.190. The smallest absolute Gasteiger partial charge is 0.255 e. The third-order valence-corrected chi connectivity index (χ3v) is 5.44. The first-order valence-electron chi connectivity index (χ1n) is 11.5. The molecule has 11 heteroatoms. The van der Waals surface area contributed by atoms with Gasteiger partial charge in [-0.2, -0.15) is 0 Å². The van der Waals surface area contributed by atoms with Crippen LogP contribution in [-0.4, -0.2) is 74.0 Å². The standard InChI is InChI=1S/C25H29FN4O6/c1-16-25(34)30(2)12-14-36-21-6-4-3-5-19(21)23(32)29-20(15-22(31)28-16)24(33)27-11-13-35-18-9-7-17(26)8-10-18/h3-10,16,20H,11-15H2,1-2H3,(H,27,33)(H,28,31)(H,29,32)/t16-,20-/m0/s1. The fraction of sp³-hybridized carbons (Fsp3) is 0.360. The molecule has 3 rings (SSSR count). The van der Waals surface area contributed by atoms with Crippen LogP contribution in [0.3, 0.4) is 0 Å². The summed E-state index contributed by atoms with van der Waals surface area (Å²) < 4.78 is 24.2. The van der Waals surface area contributed by atoms with E-state index in [-0.39, 0.29) is 49.9 Å². The normalized spacial score (nSPS) is 19.2. The molecule has 0 aromatic heterocycles. The lowest BCUT2D eigenvalue weighted by Gasteiger charge is -2.25. The SMILES string of the molecule is C[C@@H]1NC(=O)C[C@@H](C(=O)NCCOc2ccc(F)cc2)NC(=O)c2ccccc2OCCN(C)C1=O. The zero-order valence-corrected chi connectivity index (χ0v) is 20.1. The number of rotatable bonds is 5. The molecule has 3 N–H and O–H groups in total. The minimum atomic E-state index is -1.22. The highest BCUT2D eigenvalue weighted by molar-refractivity contribution is 6.01. The average Bonchev–Trinajstić information content (AvgIpc) is 2.86. The lowest BCUT2D eigenvalue weighted by atomic mass is 10.1. The van der Waals surface area contributed by atoms with Gasteiger partial charge in [0.05, 0.1) is 25.1 Å². The fourth-order valence-corrected chi connectivity index (χ4v) is 3.50. The van der Waals surface area contributed by atoms with Gasteiger partial charge in [0.2, 0.25) is 17.7 Å². The fourth-order valence-electron chi connectivity index (χ4n) is 3.50. The Balaban J connectivity index is 1.71. The molecule has 0 spiro atoms. The van der Waals surface area contributed by atoms with Gasteiger partial charge < -0.3 is 30.3 Å². The van der Waals surface area contributed by atoms with E-state index in [1.54, 1.807) is 38.2 Å². The molecule has 2 aromatic carbocycles. The van der Waals surface area contributed by atoms with Crippen molar-refractivity contribution in [1.29, 1.82) is 0 Å². The molecule has 10 nitrogen and oxygen atoms in total. The molecule has 4 amide bonds. The molecule has 0 fully saturated rings. The summed E-state index contributed by atoms with van der Waals surface area (Å²) >= 11 is 0. The van der Waals surface area contributed by atoms with E-state index in [9.17, 15) is 23.6 Å². The molecule has 1 heterocycles. The predicted octanol–water partition coefficient (Wildman–Crippen LogP) is 0.865. The highest BCUT2D eigenvalue weighted by atomic mass is 19.1. The summed E-state index contributed by atoms with van der Waals surface area (Å²) in [6.07, 6.45) is -0.388. The molecule has 1 aliphatic rings. The Morgan fingerprint density at radius 2 is 1.86 bits per heavy atom. The molecular formula is C25H29FN4O6. The maximum Gasteiger partial charge on any atom is 0.255 e. The first-order valence-corrected chi connectivity index (χ1v) is 11.5. The van der Waals surface area contributed by atoms with Crippen molar-refractivity contribution >= 4 is 23.6 Å². The summed E-state index contributed by atoms with van der Waals surface area (Å²) in [6.45, 7) is 2.08. The number of likely N-dealkylation sites (N-methyl/N-ethyl adjacent to an activating group) is 1. The minimum absolute atomic E-state index is 0.0730. The summed E-state index contributed by atoms with van der Waals surface area (Å²) in [6, 6.07) is 9.86. The molecule has 2 atom stereocenters. The van der Waals surface area contributed by atoms with Gasteiger partial charge in [-0.15, -0.1) is 0 Å². The minimum Gasteiger partial charge on any atom is -0.492 e. The van der Waals surface area contributed by atoms with Crippen LogP contribution in [0.4, 0.5) is 4.39 Å². The Kier molecular flexibility index (Phi) is 9.20. The van der Waals surface area contributed by atoms with Crippen LogP contribution in [0.25, 0.3) is 0 Å². The van der Waals surface area contributed by atoms with Gasteiger partial charge in [-0.25, -0.2) is 4.39 Å². The number of halogens is 1. The van der Waals surface area contributed by atoms with Crippen molar-refractivity contribution in [2.45, 2.75) is 25.4 Å². The number of benzene rings is 2. The molecule has 0 aliphatic carbocycles. The van der Waals surface area contributed by atoms with E-state index in [0.717, 1.165) is 0 Å². The predicted molar refractivity (Wildman–Crippen MR) is 128 cm³/mol. The van der Waals surface area contributed by atoms with Crippen LogP contribution < -0.4 is 25.4 Å². The molecule has 1 aliphatic heterocycles. The second-order valence-electron chi connectivity index (χ2n) is 8.22. The quantitative estimate of drug-likeness (QED) is 0.523. The molecule has 36 heavy (non-hydrogen) atoms. The molecule has 0 radical (unpaired) electrons. The molecule has 0 saturated carbocycles. The van der Waals surface area contributed by atoms with Gasteiger partial charge in [0, 0.05) is 7.05 Å². The Morgan fingerprint density at radius 1 is 1.14 bits per heavy atom. The Labute approximate surface area is 208 Å². The van der Waals surface area contributed by atoms with Gasteiger partial charge in [-0.3, -0.25) is 19.2 Å². The van der Waals surface area contributed by atoms with Gasteiger partial charge in [-0.05, 0) is 43.3 Å². The van der Waals surface area contributed by atoms with Gasteiger partial charge >= 0.3 is 0 Å². The summed E-state index contributed by atoms with van der Waals surface area (Å²) in [5, 5.41) is 7.78. The zero-order valence-electron chi connectivity index (χ0n) is 20.1. The van der Waals surface area contributed by atoms with E-state index in [1.807, 2.05) is 0 Å². The van der Waals surface area contributed by atoms with Crippen LogP contribution >= 0.6 is 0 Å². The molecule has 0 bridgehead atoms. The van der Waals surface area contributed by atoms with Gasteiger partial charge in [0.1, 0.15) is 42.6 Å². The van der Waals surface area contributed by atoms with Crippen molar-refractivity contribution in [3.63, 3.8) is 0 Å². The van der Waals surface area contributed by atoms with Crippen LogP contribution in [0.2, 0.25) is 0 Å². The first kappa shape index (κ1) is 26.5. The molecular weight excluding hydrogens is 471 g/mol. The van der Waals surface area contributed by atoms with Crippen LogP contribution in [-0.2, 0) is 14.4 Å². The van der Waals surface area contributed by atoms with Crippen molar-refractivity contribution < 1.29 is 33.0 Å². The van der Waals surface area contributed by atoms with Gasteiger partial charge in [-0.1, -0.05) is 12.1 Å². The number of fused-ring (bicyclic) bond motifs is 1. The number of carbonyl (C=O) groups excluding carboxylic acids is 4. The molecule has 0 saturated heterocycles. The third-order valence-electron chi connectivity index (χ3n) is 5.44. The summed E-state index contributed by atoms with van der Waals surface area (Å²) in [7, 11) is 1.59. The number of amides is 4. The summed E-state index contributed by atoms with van der Waals surface area (Å²) in [4.78, 5) is 52.5. The Bertz CT molecular complexity index is 1090. The number of hydrogen-bond donors (Lipinski definition) is 3. The number of carbonyl (C=O) groups is 4. The average molecular weight is 501 g/mol. The number of hydrogen-bond acceptors (Lipinski definition) is 6. The molecule has 2 aromatic rings. The van der Waals surface area contributed by atoms with Gasteiger partial charge in [0.15, 0.2) is 0 Å². The van der Waals surface area contributed by atoms with Gasteiger partial charge in [0.25, 0.3) is 5.91 Å². The van der Waals surface area contributed by atoms with E-state index in [4.69, 9.17) is 9.47 Å². The van der Waals surface area contributed by atoms with Crippen LogP contribution in [0.5, 0.6) is 11.5 Å². The number of nitrogens with zero attached hydrogens (tertiary/aromatic N) is 1. The topological polar surface area (TPSA) is 126 Å². The first-order chi connectivity index (χ1) is 17.2. The molecule has 0 unspecified atom stereocenters. The third kappa shape index (κ3) is 7.42. The maximum atomic E-state index is 13.0. The maximum absolute atomic E-state index is 13.0. The zero-order chi connectivity index (χ0) is 26.1. The highest BCUT2D eigenvalue weighted by Crippen LogP contribution is 2.18. The monoisotopic (exact) mass is 500 g/mol. The second kappa shape index (κ2) is 12.5. The van der Waals surface area contributed by atoms with E-state index in [2.05, 4.69) is 16.0 Å². The number of ether oxygens (including phenoxy) is 2. The van der Waals surface area contributed by atoms with Crippen LogP contribution in [0.1, 0.15) is 23.7 Å². The Morgan fingerprint density at radius 3 is 2.61 bits per heavy atom. The van der Waals surface area contributed by atoms with Crippen LogP contribution in [0.15, 0.2) is 48.5 Å². The largest absolute Gasteiger partial charge is 0.492 e. The Hall–Kier alpha value is -4.15. The van der Waals surface area contributed by atoms with Crippen molar-refractivity contribution in [3.8, 4) is 11.5 Å².